The molecule has 1 aromatic heterocycles. The van der Waals surface area contributed by atoms with E-state index in [9.17, 15) is 4.79 Å². The monoisotopic (exact) mass is 439 g/mol. The Morgan fingerprint density at radius 2 is 1.91 bits per heavy atom. The van der Waals surface area contributed by atoms with Crippen molar-refractivity contribution in [2.24, 2.45) is 4.99 Å². The number of halogens is 1. The molecular formula is C14H26IN5OS. The molecule has 0 radical (unpaired) electrons. The minimum Gasteiger partial charge on any atom is -0.351 e. The topological polar surface area (TPSA) is 78.4 Å². The van der Waals surface area contributed by atoms with Crippen LogP contribution in [0.4, 0.5) is 0 Å². The molecule has 0 unspecified atom stereocenters. The van der Waals surface area contributed by atoms with E-state index in [4.69, 9.17) is 0 Å². The predicted octanol–water partition coefficient (Wildman–Crippen LogP) is 1.96. The van der Waals surface area contributed by atoms with Gasteiger partial charge in [-0.15, -0.1) is 35.3 Å². The summed E-state index contributed by atoms with van der Waals surface area (Å²) in [6.07, 6.45) is 0. The lowest BCUT2D eigenvalue weighted by molar-refractivity contribution is -0.121. The second-order valence-corrected chi connectivity index (χ2v) is 7.11. The molecule has 0 atom stereocenters. The summed E-state index contributed by atoms with van der Waals surface area (Å²) in [6.45, 7) is 10.7. The number of aromatic nitrogens is 1. The first-order valence-corrected chi connectivity index (χ1v) is 7.71. The lowest BCUT2D eigenvalue weighted by Gasteiger charge is -2.21. The summed E-state index contributed by atoms with van der Waals surface area (Å²) in [4.78, 5) is 21.4. The number of nitrogens with one attached hydrogen (secondary N) is 3. The van der Waals surface area contributed by atoms with Crippen LogP contribution in [0.1, 0.15) is 36.3 Å². The van der Waals surface area contributed by atoms with E-state index < -0.39 is 0 Å². The predicted molar refractivity (Wildman–Crippen MR) is 103 cm³/mol. The van der Waals surface area contributed by atoms with Gasteiger partial charge in [0.1, 0.15) is 0 Å². The van der Waals surface area contributed by atoms with Crippen molar-refractivity contribution in [3.63, 3.8) is 0 Å². The van der Waals surface area contributed by atoms with Gasteiger partial charge in [0.05, 0.1) is 23.8 Å². The quantitative estimate of drug-likeness (QED) is 0.381. The summed E-state index contributed by atoms with van der Waals surface area (Å²) in [6, 6.07) is 0. The van der Waals surface area contributed by atoms with Crippen molar-refractivity contribution in [2.75, 3.05) is 13.6 Å². The van der Waals surface area contributed by atoms with Crippen molar-refractivity contribution in [2.45, 2.75) is 46.7 Å². The lowest BCUT2D eigenvalue weighted by atomic mass is 10.1. The molecule has 0 aromatic carbocycles. The Kier molecular flexibility index (Phi) is 8.91. The van der Waals surface area contributed by atoms with Gasteiger partial charge in [-0.25, -0.2) is 4.98 Å². The van der Waals surface area contributed by atoms with Gasteiger partial charge in [-0.2, -0.15) is 0 Å². The van der Waals surface area contributed by atoms with Crippen molar-refractivity contribution < 1.29 is 4.79 Å². The molecule has 6 nitrogen and oxygen atoms in total. The number of amides is 1. The van der Waals surface area contributed by atoms with E-state index in [0.29, 0.717) is 12.5 Å². The van der Waals surface area contributed by atoms with Crippen LogP contribution in [0.3, 0.4) is 0 Å². The maximum Gasteiger partial charge on any atom is 0.239 e. The fourth-order valence-electron chi connectivity index (χ4n) is 1.75. The third-order valence-electron chi connectivity index (χ3n) is 2.57. The van der Waals surface area contributed by atoms with Gasteiger partial charge in [0.15, 0.2) is 5.96 Å². The second-order valence-electron chi connectivity index (χ2n) is 5.82. The van der Waals surface area contributed by atoms with E-state index in [1.165, 1.54) is 4.88 Å². The van der Waals surface area contributed by atoms with Crippen LogP contribution >= 0.6 is 35.3 Å². The SMILES string of the molecule is CN=C(NCC(=O)NC(C)(C)C)NCc1sc(C)nc1C.I. The zero-order chi connectivity index (χ0) is 16.0. The van der Waals surface area contributed by atoms with Crippen molar-refractivity contribution in [1.29, 1.82) is 0 Å². The molecule has 0 aliphatic heterocycles. The van der Waals surface area contributed by atoms with Crippen LogP contribution in [-0.2, 0) is 11.3 Å². The van der Waals surface area contributed by atoms with Crippen LogP contribution in [0.25, 0.3) is 0 Å². The van der Waals surface area contributed by atoms with E-state index in [1.807, 2.05) is 34.6 Å². The van der Waals surface area contributed by atoms with Crippen molar-refractivity contribution in [3.05, 3.63) is 15.6 Å². The minimum atomic E-state index is -0.229. The van der Waals surface area contributed by atoms with E-state index >= 15 is 0 Å². The van der Waals surface area contributed by atoms with Gasteiger partial charge in [-0.3, -0.25) is 9.79 Å². The molecule has 0 aliphatic carbocycles. The summed E-state index contributed by atoms with van der Waals surface area (Å²) in [7, 11) is 1.68. The minimum absolute atomic E-state index is 0. The number of thiazole rings is 1. The lowest BCUT2D eigenvalue weighted by Crippen LogP contribution is -2.48. The number of aryl methyl sites for hydroxylation is 2. The molecule has 0 spiro atoms. The maximum atomic E-state index is 11.7. The first-order chi connectivity index (χ1) is 9.71. The van der Waals surface area contributed by atoms with E-state index in [0.717, 1.165) is 10.7 Å². The average molecular weight is 439 g/mol. The normalized spacial score (nSPS) is 11.6. The molecule has 0 bridgehead atoms. The molecule has 0 saturated heterocycles. The molecule has 8 heteroatoms. The van der Waals surface area contributed by atoms with Gasteiger partial charge in [0.25, 0.3) is 0 Å². The van der Waals surface area contributed by atoms with Gasteiger partial charge in [0, 0.05) is 17.5 Å². The number of carbonyl (C=O) groups excluding carboxylic acids is 1. The van der Waals surface area contributed by atoms with Crippen LogP contribution in [0.2, 0.25) is 0 Å². The first-order valence-electron chi connectivity index (χ1n) is 6.89. The smallest absolute Gasteiger partial charge is 0.239 e. The molecule has 1 heterocycles. The molecular weight excluding hydrogens is 413 g/mol. The highest BCUT2D eigenvalue weighted by Crippen LogP contribution is 2.16. The molecule has 3 N–H and O–H groups in total. The second kappa shape index (κ2) is 9.29. The molecule has 1 rings (SSSR count). The molecule has 126 valence electrons. The van der Waals surface area contributed by atoms with Crippen LogP contribution in [-0.4, -0.2) is 36.0 Å². The number of rotatable bonds is 4. The molecule has 0 fully saturated rings. The number of hydrogen-bond acceptors (Lipinski definition) is 4. The average Bonchev–Trinajstić information content (AvgIpc) is 2.66. The Labute approximate surface area is 153 Å². The van der Waals surface area contributed by atoms with Crippen molar-refractivity contribution in [1.82, 2.24) is 20.9 Å². The Morgan fingerprint density at radius 1 is 1.27 bits per heavy atom. The van der Waals surface area contributed by atoms with Crippen LogP contribution in [0.5, 0.6) is 0 Å². The summed E-state index contributed by atoms with van der Waals surface area (Å²) in [5.41, 5.74) is 0.804. The molecule has 1 amide bonds. The van der Waals surface area contributed by atoms with Crippen LogP contribution in [0.15, 0.2) is 4.99 Å². The Balaban J connectivity index is 0.00000441. The number of aliphatic imine (C=N–C) groups is 1. The summed E-state index contributed by atoms with van der Waals surface area (Å²) >= 11 is 1.66. The van der Waals surface area contributed by atoms with Gasteiger partial charge in [-0.1, -0.05) is 0 Å². The number of hydrogen-bond donors (Lipinski definition) is 3. The highest BCUT2D eigenvalue weighted by molar-refractivity contribution is 14.0. The zero-order valence-corrected chi connectivity index (χ0v) is 17.2. The van der Waals surface area contributed by atoms with Gasteiger partial charge in [-0.05, 0) is 34.6 Å². The van der Waals surface area contributed by atoms with E-state index in [-0.39, 0.29) is 42.0 Å². The van der Waals surface area contributed by atoms with Gasteiger partial charge in [0.2, 0.25) is 5.91 Å². The third kappa shape index (κ3) is 7.92. The number of carbonyl (C=O) groups is 1. The maximum absolute atomic E-state index is 11.7. The van der Waals surface area contributed by atoms with E-state index in [2.05, 4.69) is 25.9 Å². The summed E-state index contributed by atoms with van der Waals surface area (Å²) in [5, 5.41) is 10.1. The van der Waals surface area contributed by atoms with Crippen LogP contribution in [0, 0.1) is 13.8 Å². The summed E-state index contributed by atoms with van der Waals surface area (Å²) < 4.78 is 0. The Bertz CT molecular complexity index is 522. The Hall–Kier alpha value is -0.900. The highest BCUT2D eigenvalue weighted by atomic mass is 127. The first kappa shape index (κ1) is 21.1. The highest BCUT2D eigenvalue weighted by Gasteiger charge is 2.13. The number of nitrogens with zero attached hydrogens (tertiary/aromatic N) is 2. The fraction of sp³-hybridized carbons (Fsp3) is 0.643. The van der Waals surface area contributed by atoms with Crippen LogP contribution < -0.4 is 16.0 Å². The van der Waals surface area contributed by atoms with Gasteiger partial charge < -0.3 is 16.0 Å². The zero-order valence-electron chi connectivity index (χ0n) is 14.0. The Morgan fingerprint density at radius 3 is 2.36 bits per heavy atom. The molecule has 0 aliphatic rings. The van der Waals surface area contributed by atoms with Crippen molar-refractivity contribution >= 4 is 47.2 Å². The van der Waals surface area contributed by atoms with Crippen molar-refractivity contribution in [3.8, 4) is 0 Å². The van der Waals surface area contributed by atoms with Gasteiger partial charge >= 0.3 is 0 Å². The largest absolute Gasteiger partial charge is 0.351 e. The fourth-order valence-corrected chi connectivity index (χ4v) is 2.63. The molecule has 0 saturated carbocycles. The molecule has 1 aromatic rings. The standard InChI is InChI=1S/C14H25N5OS.HI/c1-9-11(21-10(2)18-9)7-16-13(15-6)17-8-12(20)19-14(3,4)5;/h7-8H2,1-6H3,(H,19,20)(H2,15,16,17);1H. The molecule has 22 heavy (non-hydrogen) atoms. The van der Waals surface area contributed by atoms with E-state index in [1.54, 1.807) is 18.4 Å². The third-order valence-corrected chi connectivity index (χ3v) is 3.64. The number of guanidine groups is 1. The summed E-state index contributed by atoms with van der Waals surface area (Å²) in [5.74, 6) is 0.541.